The fourth-order valence-electron chi connectivity index (χ4n) is 2.61. The largest absolute Gasteiger partial charge is 0.374 e. The second-order valence-electron chi connectivity index (χ2n) is 4.85. The highest BCUT2D eigenvalue weighted by molar-refractivity contribution is 6.30. The molecule has 1 aliphatic carbocycles. The summed E-state index contributed by atoms with van der Waals surface area (Å²) in [4.78, 5) is 13.0. The molecule has 2 aromatic rings. The van der Waals surface area contributed by atoms with Crippen LogP contribution < -0.4 is 4.90 Å². The Morgan fingerprint density at radius 2 is 2.20 bits per heavy atom. The van der Waals surface area contributed by atoms with E-state index < -0.39 is 11.9 Å². The molecule has 0 N–H and O–H groups in total. The minimum Gasteiger partial charge on any atom is -0.374 e. The molecule has 2 atom stereocenters. The Balaban J connectivity index is 1.92. The minimum atomic E-state index is -0.975. The first-order chi connectivity index (χ1) is 9.65. The van der Waals surface area contributed by atoms with Gasteiger partial charge in [0, 0.05) is 12.7 Å². The molecule has 0 amide bonds. The summed E-state index contributed by atoms with van der Waals surface area (Å²) in [5.41, 5.74) is -0.142. The number of anilines is 1. The Hall–Kier alpha value is -1.60. The average molecular weight is 299 g/mol. The molecule has 1 aliphatic heterocycles. The second-order valence-corrected chi connectivity index (χ2v) is 5.21. The van der Waals surface area contributed by atoms with Crippen LogP contribution in [-0.2, 0) is 4.74 Å². The average Bonchev–Trinajstić information content (AvgIpc) is 3.22. The molecule has 2 aromatic heterocycles. The molecule has 0 aromatic carbocycles. The number of hydrogen-bond acceptors (Lipinski definition) is 5. The van der Waals surface area contributed by atoms with Crippen LogP contribution in [0, 0.1) is 11.9 Å². The summed E-state index contributed by atoms with van der Waals surface area (Å²) in [7, 11) is 0. The Bertz CT molecular complexity index is 713. The van der Waals surface area contributed by atoms with Gasteiger partial charge in [-0.3, -0.25) is 0 Å². The van der Waals surface area contributed by atoms with E-state index in [1.54, 1.807) is 0 Å². The van der Waals surface area contributed by atoms with Gasteiger partial charge < -0.3 is 9.64 Å². The fraction of sp³-hybridized carbons (Fsp3) is 0.417. The Kier molecular flexibility index (Phi) is 2.55. The number of hydrogen-bond donors (Lipinski definition) is 0. The number of pyridine rings is 1. The van der Waals surface area contributed by atoms with Gasteiger partial charge in [0.05, 0.1) is 24.1 Å². The van der Waals surface area contributed by atoms with Crippen LogP contribution in [0.3, 0.4) is 0 Å². The van der Waals surface area contributed by atoms with Crippen LogP contribution in [0.4, 0.5) is 14.6 Å². The summed E-state index contributed by atoms with van der Waals surface area (Å²) in [5, 5.41) is 0.0358. The summed E-state index contributed by atoms with van der Waals surface area (Å²) < 4.78 is 33.0. The number of morpholine rings is 1. The van der Waals surface area contributed by atoms with Crippen molar-refractivity contribution in [3.8, 4) is 0 Å². The van der Waals surface area contributed by atoms with E-state index >= 15 is 0 Å². The van der Waals surface area contributed by atoms with Crippen molar-refractivity contribution in [1.29, 1.82) is 0 Å². The zero-order chi connectivity index (χ0) is 13.9. The highest BCUT2D eigenvalue weighted by Crippen LogP contribution is 2.39. The van der Waals surface area contributed by atoms with Crippen molar-refractivity contribution in [3.63, 3.8) is 0 Å². The summed E-state index contributed by atoms with van der Waals surface area (Å²) in [6, 6.07) is 0.167. The Labute approximate surface area is 117 Å². The Morgan fingerprint density at radius 3 is 3.05 bits per heavy atom. The van der Waals surface area contributed by atoms with E-state index in [1.807, 2.05) is 4.90 Å². The van der Waals surface area contributed by atoms with E-state index in [1.165, 1.54) is 6.20 Å². The molecule has 20 heavy (non-hydrogen) atoms. The number of halogens is 3. The summed E-state index contributed by atoms with van der Waals surface area (Å²) in [6.45, 7) is 1.12. The summed E-state index contributed by atoms with van der Waals surface area (Å²) in [5.74, 6) is -0.473. The van der Waals surface area contributed by atoms with E-state index in [0.717, 1.165) is 6.42 Å². The van der Waals surface area contributed by atoms with Crippen LogP contribution in [0.25, 0.3) is 10.9 Å². The molecule has 2 fully saturated rings. The van der Waals surface area contributed by atoms with E-state index in [9.17, 15) is 8.78 Å². The fourth-order valence-corrected chi connectivity index (χ4v) is 2.75. The third-order valence-electron chi connectivity index (χ3n) is 3.63. The van der Waals surface area contributed by atoms with Crippen molar-refractivity contribution in [3.05, 3.63) is 23.2 Å². The predicted octanol–water partition coefficient (Wildman–Crippen LogP) is 1.93. The van der Waals surface area contributed by atoms with Crippen LogP contribution in [0.5, 0.6) is 0 Å². The topological polar surface area (TPSA) is 51.1 Å². The second kappa shape index (κ2) is 4.20. The molecule has 0 spiro atoms. The molecule has 104 valence electrons. The molecule has 0 bridgehead atoms. The first-order valence-corrected chi connectivity index (χ1v) is 6.58. The number of aromatic nitrogens is 3. The van der Waals surface area contributed by atoms with Gasteiger partial charge in [0.15, 0.2) is 11.0 Å². The van der Waals surface area contributed by atoms with Crippen molar-refractivity contribution >= 4 is 28.3 Å². The van der Waals surface area contributed by atoms with Gasteiger partial charge in [0.1, 0.15) is 11.3 Å². The van der Waals surface area contributed by atoms with Crippen LogP contribution in [0.15, 0.2) is 6.20 Å². The van der Waals surface area contributed by atoms with E-state index in [4.69, 9.17) is 16.3 Å². The molecule has 8 heteroatoms. The van der Waals surface area contributed by atoms with Gasteiger partial charge in [-0.05, 0) is 6.42 Å². The molecule has 2 unspecified atom stereocenters. The van der Waals surface area contributed by atoms with Gasteiger partial charge in [0.2, 0.25) is 0 Å². The summed E-state index contributed by atoms with van der Waals surface area (Å²) in [6.07, 6.45) is 1.43. The zero-order valence-corrected chi connectivity index (χ0v) is 10.9. The van der Waals surface area contributed by atoms with Gasteiger partial charge in [0.25, 0.3) is 0 Å². The van der Waals surface area contributed by atoms with Crippen molar-refractivity contribution in [2.75, 3.05) is 18.1 Å². The molecule has 2 aliphatic rings. The van der Waals surface area contributed by atoms with E-state index in [-0.39, 0.29) is 22.8 Å². The van der Waals surface area contributed by atoms with Crippen LogP contribution in [0.2, 0.25) is 5.15 Å². The third-order valence-corrected chi connectivity index (χ3v) is 3.89. The van der Waals surface area contributed by atoms with E-state index in [0.29, 0.717) is 24.4 Å². The van der Waals surface area contributed by atoms with Gasteiger partial charge in [-0.25, -0.2) is 9.37 Å². The van der Waals surface area contributed by atoms with Gasteiger partial charge >= 0.3 is 6.08 Å². The molecule has 3 heterocycles. The number of fused-ring (bicyclic) bond motifs is 2. The molecular formula is C12H9ClF2N4O. The first kappa shape index (κ1) is 12.2. The quantitative estimate of drug-likeness (QED) is 0.595. The van der Waals surface area contributed by atoms with Crippen molar-refractivity contribution < 1.29 is 13.5 Å². The number of rotatable bonds is 1. The lowest BCUT2D eigenvalue weighted by Gasteiger charge is -2.28. The maximum atomic E-state index is 13.9. The molecular weight excluding hydrogens is 290 g/mol. The van der Waals surface area contributed by atoms with Crippen LogP contribution in [0.1, 0.15) is 6.42 Å². The number of nitrogens with zero attached hydrogens (tertiary/aromatic N) is 4. The monoisotopic (exact) mass is 298 g/mol. The standard InChI is InChI=1S/C12H9ClF2N4O/c13-10-8(14)9-5(4-16-10)11(18-12(15)17-9)19-1-2-20-7-3-6(7)19/h4,6-7H,1-3H2. The minimum absolute atomic E-state index is 0.142. The van der Waals surface area contributed by atoms with Crippen molar-refractivity contribution in [1.82, 2.24) is 15.0 Å². The highest BCUT2D eigenvalue weighted by Gasteiger charge is 2.47. The smallest absolute Gasteiger partial charge is 0.311 e. The van der Waals surface area contributed by atoms with Crippen LogP contribution in [-0.4, -0.2) is 40.2 Å². The molecule has 5 nitrogen and oxygen atoms in total. The molecule has 4 rings (SSSR count). The lowest BCUT2D eigenvalue weighted by atomic mass is 10.2. The van der Waals surface area contributed by atoms with E-state index in [2.05, 4.69) is 15.0 Å². The zero-order valence-electron chi connectivity index (χ0n) is 10.2. The van der Waals surface area contributed by atoms with Gasteiger partial charge in [-0.1, -0.05) is 11.6 Å². The third kappa shape index (κ3) is 1.73. The first-order valence-electron chi connectivity index (χ1n) is 6.20. The van der Waals surface area contributed by atoms with Crippen molar-refractivity contribution in [2.24, 2.45) is 0 Å². The maximum Gasteiger partial charge on any atom is 0.311 e. The highest BCUT2D eigenvalue weighted by atomic mass is 35.5. The maximum absolute atomic E-state index is 13.9. The molecule has 0 radical (unpaired) electrons. The lowest BCUT2D eigenvalue weighted by Crippen LogP contribution is -2.37. The normalized spacial score (nSPS) is 24.9. The molecule has 1 saturated carbocycles. The SMILES string of the molecule is Fc1nc(N2CCOC3CC32)c2cnc(Cl)c(F)c2n1. The van der Waals surface area contributed by atoms with Crippen molar-refractivity contribution in [2.45, 2.75) is 18.6 Å². The van der Waals surface area contributed by atoms with Gasteiger partial charge in [-0.15, -0.1) is 0 Å². The summed E-state index contributed by atoms with van der Waals surface area (Å²) >= 11 is 5.61. The Morgan fingerprint density at radius 1 is 1.35 bits per heavy atom. The van der Waals surface area contributed by atoms with Crippen LogP contribution >= 0.6 is 11.6 Å². The lowest BCUT2D eigenvalue weighted by molar-refractivity contribution is 0.103. The number of ether oxygens (including phenoxy) is 1. The van der Waals surface area contributed by atoms with Gasteiger partial charge in [-0.2, -0.15) is 14.4 Å². The predicted molar refractivity (Wildman–Crippen MR) is 67.8 cm³/mol. The molecule has 1 saturated heterocycles.